The molecule has 0 aromatic heterocycles. The zero-order chi connectivity index (χ0) is 15.3. The molecule has 20 heavy (non-hydrogen) atoms. The van der Waals surface area contributed by atoms with E-state index in [1.165, 1.54) is 23.5 Å². The second kappa shape index (κ2) is 6.84. The Labute approximate surface area is 119 Å². The summed E-state index contributed by atoms with van der Waals surface area (Å²) in [6, 6.07) is 3.57. The Morgan fingerprint density at radius 3 is 2.55 bits per heavy atom. The fourth-order valence-electron chi connectivity index (χ4n) is 1.68. The average Bonchev–Trinajstić information content (AvgIpc) is 2.36. The SMILES string of the molecule is CC(C)CN(C)S(=O)(=O)c1ccc(C#CCO)c(F)c1. The largest absolute Gasteiger partial charge is 0.384 e. The summed E-state index contributed by atoms with van der Waals surface area (Å²) in [7, 11) is -2.23. The van der Waals surface area contributed by atoms with E-state index in [1.54, 1.807) is 0 Å². The van der Waals surface area contributed by atoms with Crippen LogP contribution in [0.4, 0.5) is 4.39 Å². The van der Waals surface area contributed by atoms with Gasteiger partial charge in [-0.1, -0.05) is 25.7 Å². The van der Waals surface area contributed by atoms with E-state index in [0.717, 1.165) is 6.07 Å². The monoisotopic (exact) mass is 299 g/mol. The number of hydrogen-bond donors (Lipinski definition) is 1. The van der Waals surface area contributed by atoms with Crippen molar-refractivity contribution in [1.82, 2.24) is 4.31 Å². The van der Waals surface area contributed by atoms with Crippen molar-refractivity contribution in [1.29, 1.82) is 0 Å². The van der Waals surface area contributed by atoms with Crippen LogP contribution in [-0.2, 0) is 10.0 Å². The third-order valence-corrected chi connectivity index (χ3v) is 4.39. The van der Waals surface area contributed by atoms with Crippen molar-refractivity contribution < 1.29 is 17.9 Å². The number of aliphatic hydroxyl groups excluding tert-OH is 1. The normalized spacial score (nSPS) is 11.6. The molecule has 0 bridgehead atoms. The third kappa shape index (κ3) is 4.04. The van der Waals surface area contributed by atoms with Gasteiger partial charge >= 0.3 is 0 Å². The lowest BCUT2D eigenvalue weighted by Crippen LogP contribution is -2.30. The Bertz CT molecular complexity index is 630. The number of nitrogens with zero attached hydrogens (tertiary/aromatic N) is 1. The zero-order valence-corrected chi connectivity index (χ0v) is 12.5. The molecule has 1 rings (SSSR count). The van der Waals surface area contributed by atoms with Gasteiger partial charge in [0.15, 0.2) is 0 Å². The highest BCUT2D eigenvalue weighted by atomic mass is 32.2. The van der Waals surface area contributed by atoms with Crippen LogP contribution in [0.2, 0.25) is 0 Å². The predicted molar refractivity (Wildman–Crippen MR) is 75.0 cm³/mol. The van der Waals surface area contributed by atoms with Gasteiger partial charge in [0.25, 0.3) is 0 Å². The lowest BCUT2D eigenvalue weighted by atomic mass is 10.2. The molecular weight excluding hydrogens is 281 g/mol. The predicted octanol–water partition coefficient (Wildman–Crippen LogP) is 1.45. The summed E-state index contributed by atoms with van der Waals surface area (Å²) < 4.78 is 39.4. The zero-order valence-electron chi connectivity index (χ0n) is 11.7. The van der Waals surface area contributed by atoms with E-state index in [9.17, 15) is 12.8 Å². The molecule has 0 atom stereocenters. The summed E-state index contributed by atoms with van der Waals surface area (Å²) in [6.07, 6.45) is 0. The lowest BCUT2D eigenvalue weighted by molar-refractivity contribution is 0.350. The van der Waals surface area contributed by atoms with Gasteiger partial charge in [-0.2, -0.15) is 0 Å². The first-order chi connectivity index (χ1) is 9.28. The van der Waals surface area contributed by atoms with Crippen molar-refractivity contribution in [2.45, 2.75) is 18.7 Å². The molecule has 0 aliphatic carbocycles. The van der Waals surface area contributed by atoms with Crippen LogP contribution in [0.1, 0.15) is 19.4 Å². The van der Waals surface area contributed by atoms with E-state index < -0.39 is 15.8 Å². The molecule has 0 radical (unpaired) electrons. The van der Waals surface area contributed by atoms with Crippen molar-refractivity contribution in [3.8, 4) is 11.8 Å². The quantitative estimate of drug-likeness (QED) is 0.856. The van der Waals surface area contributed by atoms with Crippen molar-refractivity contribution in [2.24, 2.45) is 5.92 Å². The van der Waals surface area contributed by atoms with Gasteiger partial charge in [0, 0.05) is 13.6 Å². The number of hydrogen-bond acceptors (Lipinski definition) is 3. The molecule has 0 unspecified atom stereocenters. The molecule has 0 aliphatic heterocycles. The van der Waals surface area contributed by atoms with Gasteiger partial charge in [0.2, 0.25) is 10.0 Å². The number of halogens is 1. The first kappa shape index (κ1) is 16.6. The Morgan fingerprint density at radius 1 is 1.40 bits per heavy atom. The van der Waals surface area contributed by atoms with Crippen LogP contribution in [-0.4, -0.2) is 38.0 Å². The average molecular weight is 299 g/mol. The first-order valence-electron chi connectivity index (χ1n) is 6.14. The Morgan fingerprint density at radius 2 is 2.05 bits per heavy atom. The summed E-state index contributed by atoms with van der Waals surface area (Å²) in [5.74, 6) is 4.20. The first-order valence-corrected chi connectivity index (χ1v) is 7.58. The van der Waals surface area contributed by atoms with Gasteiger partial charge in [-0.05, 0) is 24.1 Å². The van der Waals surface area contributed by atoms with Gasteiger partial charge in [-0.15, -0.1) is 0 Å². The fourth-order valence-corrected chi connectivity index (χ4v) is 3.03. The maximum Gasteiger partial charge on any atom is 0.242 e. The van der Waals surface area contributed by atoms with E-state index in [0.29, 0.717) is 6.54 Å². The van der Waals surface area contributed by atoms with Crippen LogP contribution in [0.5, 0.6) is 0 Å². The lowest BCUT2D eigenvalue weighted by Gasteiger charge is -2.19. The summed E-state index contributed by atoms with van der Waals surface area (Å²) in [5.41, 5.74) is 0.0597. The maximum atomic E-state index is 13.8. The van der Waals surface area contributed by atoms with Crippen molar-refractivity contribution in [2.75, 3.05) is 20.2 Å². The van der Waals surface area contributed by atoms with Crippen LogP contribution in [0, 0.1) is 23.6 Å². The second-order valence-electron chi connectivity index (χ2n) is 4.78. The number of benzene rings is 1. The molecule has 0 saturated carbocycles. The highest BCUT2D eigenvalue weighted by molar-refractivity contribution is 7.89. The van der Waals surface area contributed by atoms with Crippen LogP contribution < -0.4 is 0 Å². The molecule has 0 fully saturated rings. The molecule has 1 aromatic rings. The van der Waals surface area contributed by atoms with Crippen molar-refractivity contribution in [3.63, 3.8) is 0 Å². The summed E-state index contributed by atoms with van der Waals surface area (Å²) in [4.78, 5) is -0.104. The summed E-state index contributed by atoms with van der Waals surface area (Å²) in [5, 5.41) is 8.56. The molecular formula is C14H18FNO3S. The van der Waals surface area contributed by atoms with Gasteiger partial charge in [0.1, 0.15) is 12.4 Å². The Balaban J connectivity index is 3.12. The molecule has 1 N–H and O–H groups in total. The van der Waals surface area contributed by atoms with Gasteiger partial charge in [-0.25, -0.2) is 17.1 Å². The molecule has 1 aromatic carbocycles. The maximum absolute atomic E-state index is 13.8. The van der Waals surface area contributed by atoms with Crippen LogP contribution in [0.15, 0.2) is 23.1 Å². The van der Waals surface area contributed by atoms with E-state index in [1.807, 2.05) is 13.8 Å². The van der Waals surface area contributed by atoms with E-state index in [4.69, 9.17) is 5.11 Å². The number of aliphatic hydroxyl groups is 1. The number of rotatable bonds is 4. The van der Waals surface area contributed by atoms with Gasteiger partial charge < -0.3 is 5.11 Å². The summed E-state index contributed by atoms with van der Waals surface area (Å²) >= 11 is 0. The Hall–Kier alpha value is -1.42. The van der Waals surface area contributed by atoms with Crippen molar-refractivity contribution in [3.05, 3.63) is 29.6 Å². The Kier molecular flexibility index (Phi) is 5.69. The van der Waals surface area contributed by atoms with Crippen LogP contribution in [0.3, 0.4) is 0 Å². The van der Waals surface area contributed by atoms with Crippen LogP contribution >= 0.6 is 0 Å². The van der Waals surface area contributed by atoms with Gasteiger partial charge in [-0.3, -0.25) is 0 Å². The molecule has 4 nitrogen and oxygen atoms in total. The molecule has 110 valence electrons. The minimum Gasteiger partial charge on any atom is -0.384 e. The highest BCUT2D eigenvalue weighted by Crippen LogP contribution is 2.18. The minimum atomic E-state index is -3.70. The molecule has 0 spiro atoms. The third-order valence-electron chi connectivity index (χ3n) is 2.57. The second-order valence-corrected chi connectivity index (χ2v) is 6.83. The molecule has 0 aliphatic rings. The fraction of sp³-hybridized carbons (Fsp3) is 0.429. The molecule has 0 saturated heterocycles. The highest BCUT2D eigenvalue weighted by Gasteiger charge is 2.22. The minimum absolute atomic E-state index is 0.0597. The molecule has 6 heteroatoms. The standard InChI is InChI=1S/C14H18FNO3S/c1-11(2)10-16(3)20(18,19)13-7-6-12(5-4-8-17)14(15)9-13/h6-7,9,11,17H,8,10H2,1-3H3. The molecule has 0 amide bonds. The van der Waals surface area contributed by atoms with Gasteiger partial charge in [0.05, 0.1) is 10.5 Å². The van der Waals surface area contributed by atoms with E-state index >= 15 is 0 Å². The summed E-state index contributed by atoms with van der Waals surface area (Å²) in [6.45, 7) is 3.78. The van der Waals surface area contributed by atoms with Crippen molar-refractivity contribution >= 4 is 10.0 Å². The van der Waals surface area contributed by atoms with Crippen LogP contribution in [0.25, 0.3) is 0 Å². The number of sulfonamides is 1. The van der Waals surface area contributed by atoms with E-state index in [2.05, 4.69) is 11.8 Å². The molecule has 0 heterocycles. The smallest absolute Gasteiger partial charge is 0.242 e. The van der Waals surface area contributed by atoms with E-state index in [-0.39, 0.29) is 23.0 Å². The topological polar surface area (TPSA) is 57.6 Å².